The summed E-state index contributed by atoms with van der Waals surface area (Å²) < 4.78 is 16.3. The van der Waals surface area contributed by atoms with E-state index in [0.717, 1.165) is 16.8 Å². The van der Waals surface area contributed by atoms with Crippen LogP contribution in [0.15, 0.2) is 46.9 Å². The summed E-state index contributed by atoms with van der Waals surface area (Å²) in [6.45, 7) is 3.92. The lowest BCUT2D eigenvalue weighted by Crippen LogP contribution is -2.05. The monoisotopic (exact) mass is 431 g/mol. The van der Waals surface area contributed by atoms with Gasteiger partial charge in [0.25, 0.3) is 0 Å². The van der Waals surface area contributed by atoms with Crippen LogP contribution in [0.25, 0.3) is 11.3 Å². The minimum absolute atomic E-state index is 0.0680. The van der Waals surface area contributed by atoms with E-state index >= 15 is 0 Å². The molecule has 3 rings (SSSR count). The number of nitrogens with zero attached hydrogens (tertiary/aromatic N) is 2. The first-order valence-electron chi connectivity index (χ1n) is 8.93. The number of thiazole rings is 1. The summed E-state index contributed by atoms with van der Waals surface area (Å²) in [5.41, 5.74) is 5.56. The highest BCUT2D eigenvalue weighted by atomic mass is 35.5. The molecule has 0 saturated heterocycles. The zero-order chi connectivity index (χ0) is 20.8. The molecule has 1 N–H and O–H groups in total. The van der Waals surface area contributed by atoms with E-state index in [0.29, 0.717) is 27.4 Å². The molecule has 2 aromatic carbocycles. The number of ether oxygens (including phenoxy) is 3. The molecular weight excluding hydrogens is 410 g/mol. The van der Waals surface area contributed by atoms with E-state index in [-0.39, 0.29) is 6.10 Å². The molecule has 152 valence electrons. The number of anilines is 1. The Morgan fingerprint density at radius 2 is 1.83 bits per heavy atom. The fourth-order valence-corrected chi connectivity index (χ4v) is 3.46. The van der Waals surface area contributed by atoms with Crippen LogP contribution in [0.1, 0.15) is 19.4 Å². The average Bonchev–Trinajstić information content (AvgIpc) is 3.18. The number of methoxy groups -OCH3 is 2. The quantitative estimate of drug-likeness (QED) is 0.365. The molecule has 8 heteroatoms. The Morgan fingerprint density at radius 1 is 1.07 bits per heavy atom. The molecule has 0 radical (unpaired) electrons. The van der Waals surface area contributed by atoms with Gasteiger partial charge in [-0.1, -0.05) is 11.6 Å². The van der Waals surface area contributed by atoms with Crippen molar-refractivity contribution in [3.63, 3.8) is 0 Å². The van der Waals surface area contributed by atoms with Crippen LogP contribution >= 0.6 is 22.9 Å². The molecule has 0 atom stereocenters. The van der Waals surface area contributed by atoms with Crippen molar-refractivity contribution >= 4 is 34.3 Å². The first-order chi connectivity index (χ1) is 14.0. The lowest BCUT2D eigenvalue weighted by Gasteiger charge is -2.11. The second-order valence-electron chi connectivity index (χ2n) is 6.33. The van der Waals surface area contributed by atoms with Crippen molar-refractivity contribution in [1.82, 2.24) is 4.98 Å². The van der Waals surface area contributed by atoms with Crippen molar-refractivity contribution in [2.24, 2.45) is 5.10 Å². The highest BCUT2D eigenvalue weighted by Crippen LogP contribution is 2.33. The van der Waals surface area contributed by atoms with Crippen LogP contribution in [0.4, 0.5) is 5.13 Å². The molecule has 0 bridgehead atoms. The Hall–Kier alpha value is -2.77. The van der Waals surface area contributed by atoms with Gasteiger partial charge in [-0.05, 0) is 55.8 Å². The Labute approximate surface area is 179 Å². The zero-order valence-corrected chi connectivity index (χ0v) is 18.2. The first-order valence-corrected chi connectivity index (χ1v) is 10.2. The van der Waals surface area contributed by atoms with Crippen LogP contribution in [0, 0.1) is 0 Å². The first kappa shape index (κ1) is 21.0. The van der Waals surface area contributed by atoms with Gasteiger partial charge in [-0.15, -0.1) is 11.3 Å². The van der Waals surface area contributed by atoms with Crippen molar-refractivity contribution < 1.29 is 14.2 Å². The molecule has 3 aromatic rings. The van der Waals surface area contributed by atoms with Crippen LogP contribution in [0.2, 0.25) is 5.02 Å². The van der Waals surface area contributed by atoms with Crippen LogP contribution in [0.5, 0.6) is 17.2 Å². The number of hydrogen-bond acceptors (Lipinski definition) is 7. The zero-order valence-electron chi connectivity index (χ0n) is 16.6. The third-order valence-electron chi connectivity index (χ3n) is 3.88. The number of nitrogens with one attached hydrogen (secondary N) is 1. The molecular formula is C21H22ClN3O3S. The largest absolute Gasteiger partial charge is 0.493 e. The molecule has 0 amide bonds. The molecule has 0 aliphatic heterocycles. The lowest BCUT2D eigenvalue weighted by molar-refractivity contribution is 0.242. The van der Waals surface area contributed by atoms with Gasteiger partial charge in [0.2, 0.25) is 5.13 Å². The number of rotatable bonds is 8. The normalized spacial score (nSPS) is 11.1. The van der Waals surface area contributed by atoms with E-state index in [1.165, 1.54) is 11.3 Å². The van der Waals surface area contributed by atoms with Crippen LogP contribution in [0.3, 0.4) is 0 Å². The summed E-state index contributed by atoms with van der Waals surface area (Å²) in [5.74, 6) is 2.00. The second-order valence-corrected chi connectivity index (χ2v) is 7.60. The van der Waals surface area contributed by atoms with Gasteiger partial charge in [0, 0.05) is 10.9 Å². The van der Waals surface area contributed by atoms with E-state index in [1.54, 1.807) is 26.5 Å². The fourth-order valence-electron chi connectivity index (χ4n) is 2.56. The van der Waals surface area contributed by atoms with Crippen molar-refractivity contribution in [3.8, 4) is 28.5 Å². The maximum Gasteiger partial charge on any atom is 0.203 e. The fraction of sp³-hybridized carbons (Fsp3) is 0.238. The van der Waals surface area contributed by atoms with Crippen molar-refractivity contribution in [3.05, 3.63) is 52.4 Å². The number of hydrazone groups is 1. The minimum Gasteiger partial charge on any atom is -0.493 e. The van der Waals surface area contributed by atoms with Gasteiger partial charge in [0.1, 0.15) is 5.75 Å². The van der Waals surface area contributed by atoms with Crippen LogP contribution in [-0.4, -0.2) is 31.5 Å². The average molecular weight is 432 g/mol. The number of halogens is 1. The predicted octanol–water partition coefficient (Wildman–Crippen LogP) is 5.71. The standard InChI is InChI=1S/C21H22ClN3O3S/c1-13(2)28-18-7-5-14(9-16(18)22)11-23-25-21-24-17(12-29-21)15-6-8-19(26-3)20(10-15)27-4/h5-13H,1-4H3,(H,24,25)/b23-11-. The van der Waals surface area contributed by atoms with Crippen molar-refractivity contribution in [2.45, 2.75) is 20.0 Å². The SMILES string of the molecule is COc1ccc(-c2csc(N/N=C\c3ccc(OC(C)C)c(Cl)c3)n2)cc1OC. The maximum absolute atomic E-state index is 6.25. The maximum atomic E-state index is 6.25. The van der Waals surface area contributed by atoms with Gasteiger partial charge in [-0.2, -0.15) is 5.10 Å². The highest BCUT2D eigenvalue weighted by Gasteiger charge is 2.09. The van der Waals surface area contributed by atoms with Gasteiger partial charge >= 0.3 is 0 Å². The molecule has 1 heterocycles. The molecule has 0 saturated carbocycles. The molecule has 0 fully saturated rings. The van der Waals surface area contributed by atoms with Gasteiger partial charge in [0.05, 0.1) is 37.3 Å². The Balaban J connectivity index is 1.67. The smallest absolute Gasteiger partial charge is 0.203 e. The summed E-state index contributed by atoms with van der Waals surface area (Å²) in [5, 5.41) is 7.42. The Kier molecular flexibility index (Phi) is 6.95. The molecule has 29 heavy (non-hydrogen) atoms. The van der Waals surface area contributed by atoms with Crippen molar-refractivity contribution in [2.75, 3.05) is 19.6 Å². The summed E-state index contributed by atoms with van der Waals surface area (Å²) in [4.78, 5) is 4.56. The van der Waals surface area contributed by atoms with E-state index in [9.17, 15) is 0 Å². The summed E-state index contributed by atoms with van der Waals surface area (Å²) in [6.07, 6.45) is 1.75. The Bertz CT molecular complexity index is 1000. The lowest BCUT2D eigenvalue weighted by atomic mass is 10.1. The third kappa shape index (κ3) is 5.40. The number of aromatic nitrogens is 1. The molecule has 6 nitrogen and oxygen atoms in total. The topological polar surface area (TPSA) is 65.0 Å². The molecule has 0 spiro atoms. The minimum atomic E-state index is 0.0680. The van der Waals surface area contributed by atoms with Gasteiger partial charge in [-0.25, -0.2) is 4.98 Å². The second kappa shape index (κ2) is 9.62. The molecule has 0 aliphatic rings. The van der Waals surface area contributed by atoms with Crippen LogP contribution < -0.4 is 19.6 Å². The summed E-state index contributed by atoms with van der Waals surface area (Å²) in [7, 11) is 3.22. The summed E-state index contributed by atoms with van der Waals surface area (Å²) >= 11 is 7.71. The van der Waals surface area contributed by atoms with Crippen LogP contribution in [-0.2, 0) is 0 Å². The number of hydrogen-bond donors (Lipinski definition) is 1. The Morgan fingerprint density at radius 3 is 2.52 bits per heavy atom. The highest BCUT2D eigenvalue weighted by molar-refractivity contribution is 7.14. The summed E-state index contributed by atoms with van der Waals surface area (Å²) in [6, 6.07) is 11.2. The molecule has 0 unspecified atom stereocenters. The van der Waals surface area contributed by atoms with Gasteiger partial charge in [0.15, 0.2) is 11.5 Å². The number of benzene rings is 2. The third-order valence-corrected chi connectivity index (χ3v) is 4.92. The van der Waals surface area contributed by atoms with Gasteiger partial charge in [-0.3, -0.25) is 5.43 Å². The van der Waals surface area contributed by atoms with E-state index in [4.69, 9.17) is 25.8 Å². The van der Waals surface area contributed by atoms with E-state index < -0.39 is 0 Å². The van der Waals surface area contributed by atoms with Crippen molar-refractivity contribution in [1.29, 1.82) is 0 Å². The van der Waals surface area contributed by atoms with Gasteiger partial charge < -0.3 is 14.2 Å². The molecule has 0 aliphatic carbocycles. The van der Waals surface area contributed by atoms with E-state index in [1.807, 2.05) is 49.6 Å². The predicted molar refractivity (Wildman–Crippen MR) is 119 cm³/mol. The van der Waals surface area contributed by atoms with E-state index in [2.05, 4.69) is 15.5 Å². The molecule has 1 aromatic heterocycles.